The minimum absolute atomic E-state index is 0.255. The van der Waals surface area contributed by atoms with Crippen LogP contribution in [0.15, 0.2) is 42.5 Å². The molecule has 0 bridgehead atoms. The Balaban J connectivity index is 2.04. The molecule has 0 aromatic heterocycles. The monoisotopic (exact) mass is 338 g/mol. The smallest absolute Gasteiger partial charge is 0.273 e. The van der Waals surface area contributed by atoms with Gasteiger partial charge in [-0.05, 0) is 30.3 Å². The zero-order valence-corrected chi connectivity index (χ0v) is 13.0. The molecule has 22 heavy (non-hydrogen) atoms. The molecular weight excluding hydrogens is 327 g/mol. The largest absolute Gasteiger partial charge is 0.496 e. The summed E-state index contributed by atoms with van der Waals surface area (Å²) >= 11 is 11.6. The van der Waals surface area contributed by atoms with Crippen LogP contribution in [0.4, 0.5) is 0 Å². The van der Waals surface area contributed by atoms with E-state index in [1.54, 1.807) is 24.3 Å². The minimum atomic E-state index is -0.512. The maximum Gasteiger partial charge on any atom is 0.273 e. The van der Waals surface area contributed by atoms with Gasteiger partial charge >= 0.3 is 0 Å². The highest BCUT2D eigenvalue weighted by Gasteiger charge is 2.13. The number of ether oxygens (including phenoxy) is 1. The zero-order valence-electron chi connectivity index (χ0n) is 11.5. The molecule has 0 radical (unpaired) electrons. The van der Waals surface area contributed by atoms with Crippen LogP contribution in [0.1, 0.15) is 20.7 Å². The van der Waals surface area contributed by atoms with E-state index in [9.17, 15) is 9.59 Å². The molecular formula is C15H12Cl2N2O3. The molecule has 0 aliphatic carbocycles. The van der Waals surface area contributed by atoms with E-state index in [0.29, 0.717) is 16.3 Å². The minimum Gasteiger partial charge on any atom is -0.496 e. The van der Waals surface area contributed by atoms with Crippen molar-refractivity contribution in [3.8, 4) is 5.75 Å². The van der Waals surface area contributed by atoms with Crippen molar-refractivity contribution < 1.29 is 14.3 Å². The summed E-state index contributed by atoms with van der Waals surface area (Å²) in [6.45, 7) is 0. The first-order valence-electron chi connectivity index (χ1n) is 6.21. The van der Waals surface area contributed by atoms with Gasteiger partial charge in [-0.15, -0.1) is 0 Å². The first-order chi connectivity index (χ1) is 10.5. The lowest BCUT2D eigenvalue weighted by molar-refractivity contribution is 0.0845. The van der Waals surface area contributed by atoms with Crippen molar-refractivity contribution in [3.05, 3.63) is 63.6 Å². The number of rotatable bonds is 3. The third kappa shape index (κ3) is 3.69. The predicted molar refractivity (Wildman–Crippen MR) is 84.4 cm³/mol. The Bertz CT molecular complexity index is 720. The molecule has 0 unspecified atom stereocenters. The first kappa shape index (κ1) is 16.1. The molecule has 0 fully saturated rings. The summed E-state index contributed by atoms with van der Waals surface area (Å²) in [5.74, 6) is -0.600. The Labute approximate surface area is 137 Å². The van der Waals surface area contributed by atoms with Crippen molar-refractivity contribution in [2.75, 3.05) is 7.11 Å². The molecule has 2 aromatic rings. The van der Waals surface area contributed by atoms with Crippen molar-refractivity contribution in [1.29, 1.82) is 0 Å². The second kappa shape index (κ2) is 7.15. The third-order valence-electron chi connectivity index (χ3n) is 2.82. The van der Waals surface area contributed by atoms with E-state index in [2.05, 4.69) is 10.9 Å². The topological polar surface area (TPSA) is 67.4 Å². The number of para-hydroxylation sites is 1. The molecule has 7 heteroatoms. The number of nitrogens with one attached hydrogen (secondary N) is 2. The molecule has 0 saturated heterocycles. The number of benzene rings is 2. The fourth-order valence-electron chi connectivity index (χ4n) is 1.72. The standard InChI is InChI=1S/C15H12Cl2N2O3/c1-22-13-5-3-2-4-10(13)15(21)19-18-14(20)9-6-7-11(16)12(17)8-9/h2-8H,1H3,(H,18,20)(H,19,21). The molecule has 5 nitrogen and oxygen atoms in total. The van der Waals surface area contributed by atoms with Crippen LogP contribution < -0.4 is 15.6 Å². The summed E-state index contributed by atoms with van der Waals surface area (Å²) in [5, 5.41) is 0.599. The highest BCUT2D eigenvalue weighted by Crippen LogP contribution is 2.22. The fraction of sp³-hybridized carbons (Fsp3) is 0.0667. The number of halogens is 2. The fourth-order valence-corrected chi connectivity index (χ4v) is 2.02. The van der Waals surface area contributed by atoms with E-state index in [4.69, 9.17) is 27.9 Å². The summed E-state index contributed by atoms with van der Waals surface area (Å²) in [4.78, 5) is 24.0. The molecule has 2 amide bonds. The summed E-state index contributed by atoms with van der Waals surface area (Å²) in [7, 11) is 1.46. The van der Waals surface area contributed by atoms with Crippen LogP contribution in [-0.2, 0) is 0 Å². The number of hydrogen-bond acceptors (Lipinski definition) is 3. The molecule has 0 saturated carbocycles. The second-order valence-corrected chi connectivity index (χ2v) is 5.05. The van der Waals surface area contributed by atoms with Crippen LogP contribution in [0.3, 0.4) is 0 Å². The summed E-state index contributed by atoms with van der Waals surface area (Å²) in [5.41, 5.74) is 5.19. The van der Waals surface area contributed by atoms with Gasteiger partial charge in [-0.3, -0.25) is 20.4 Å². The van der Waals surface area contributed by atoms with E-state index in [1.807, 2.05) is 0 Å². The third-order valence-corrected chi connectivity index (χ3v) is 3.56. The Morgan fingerprint density at radius 1 is 0.955 bits per heavy atom. The van der Waals surface area contributed by atoms with Crippen LogP contribution in [0.2, 0.25) is 10.0 Å². The molecule has 0 heterocycles. The van der Waals surface area contributed by atoms with Gasteiger partial charge in [-0.25, -0.2) is 0 Å². The van der Waals surface area contributed by atoms with E-state index < -0.39 is 11.8 Å². The van der Waals surface area contributed by atoms with Crippen LogP contribution >= 0.6 is 23.2 Å². The van der Waals surface area contributed by atoms with Crippen molar-refractivity contribution in [2.24, 2.45) is 0 Å². The van der Waals surface area contributed by atoms with Crippen molar-refractivity contribution >= 4 is 35.0 Å². The van der Waals surface area contributed by atoms with Crippen LogP contribution in [0, 0.1) is 0 Å². The average Bonchev–Trinajstić information content (AvgIpc) is 2.54. The Hall–Kier alpha value is -2.24. The van der Waals surface area contributed by atoms with Gasteiger partial charge < -0.3 is 4.74 Å². The lowest BCUT2D eigenvalue weighted by Crippen LogP contribution is -2.41. The van der Waals surface area contributed by atoms with Gasteiger partial charge in [-0.1, -0.05) is 35.3 Å². The predicted octanol–water partition coefficient (Wildman–Crippen LogP) is 3.08. The molecule has 2 rings (SSSR count). The van der Waals surface area contributed by atoms with Crippen molar-refractivity contribution in [3.63, 3.8) is 0 Å². The molecule has 0 spiro atoms. The van der Waals surface area contributed by atoms with Gasteiger partial charge in [0.1, 0.15) is 5.75 Å². The van der Waals surface area contributed by atoms with Gasteiger partial charge in [0.2, 0.25) is 0 Å². The quantitative estimate of drug-likeness (QED) is 0.845. The highest BCUT2D eigenvalue weighted by atomic mass is 35.5. The van der Waals surface area contributed by atoms with E-state index in [-0.39, 0.29) is 10.6 Å². The number of carbonyl (C=O) groups excluding carboxylic acids is 2. The van der Waals surface area contributed by atoms with Gasteiger partial charge in [0.15, 0.2) is 0 Å². The number of hydrazine groups is 1. The zero-order chi connectivity index (χ0) is 16.1. The maximum atomic E-state index is 12.0. The second-order valence-electron chi connectivity index (χ2n) is 4.24. The summed E-state index contributed by atoms with van der Waals surface area (Å²) in [6, 6.07) is 11.1. The number of hydrogen-bond donors (Lipinski definition) is 2. The van der Waals surface area contributed by atoms with Gasteiger partial charge in [0, 0.05) is 5.56 Å². The molecule has 2 N–H and O–H groups in total. The maximum absolute atomic E-state index is 12.0. The molecule has 0 atom stereocenters. The summed E-state index contributed by atoms with van der Waals surface area (Å²) < 4.78 is 5.08. The van der Waals surface area contributed by atoms with Gasteiger partial charge in [0.25, 0.3) is 11.8 Å². The van der Waals surface area contributed by atoms with E-state index >= 15 is 0 Å². The van der Waals surface area contributed by atoms with Crippen LogP contribution in [-0.4, -0.2) is 18.9 Å². The van der Waals surface area contributed by atoms with Crippen molar-refractivity contribution in [2.45, 2.75) is 0 Å². The number of methoxy groups -OCH3 is 1. The molecule has 2 aromatic carbocycles. The molecule has 0 aliphatic heterocycles. The highest BCUT2D eigenvalue weighted by molar-refractivity contribution is 6.42. The lowest BCUT2D eigenvalue weighted by Gasteiger charge is -2.10. The van der Waals surface area contributed by atoms with Crippen molar-refractivity contribution in [1.82, 2.24) is 10.9 Å². The van der Waals surface area contributed by atoms with Crippen LogP contribution in [0.25, 0.3) is 0 Å². The SMILES string of the molecule is COc1ccccc1C(=O)NNC(=O)c1ccc(Cl)c(Cl)c1. The molecule has 114 valence electrons. The van der Waals surface area contributed by atoms with E-state index in [1.165, 1.54) is 25.3 Å². The Kier molecular flexibility index (Phi) is 5.25. The first-order valence-corrected chi connectivity index (χ1v) is 6.97. The Morgan fingerprint density at radius 2 is 1.64 bits per heavy atom. The number of amides is 2. The number of carbonyl (C=O) groups is 2. The molecule has 0 aliphatic rings. The van der Waals surface area contributed by atoms with E-state index in [0.717, 1.165) is 0 Å². The lowest BCUT2D eigenvalue weighted by atomic mass is 10.2. The normalized spacial score (nSPS) is 9.95. The van der Waals surface area contributed by atoms with Gasteiger partial charge in [0.05, 0.1) is 22.7 Å². The average molecular weight is 339 g/mol. The summed E-state index contributed by atoms with van der Waals surface area (Å²) in [6.07, 6.45) is 0. The van der Waals surface area contributed by atoms with Crippen LogP contribution in [0.5, 0.6) is 5.75 Å². The Morgan fingerprint density at radius 3 is 2.32 bits per heavy atom. The van der Waals surface area contributed by atoms with Gasteiger partial charge in [-0.2, -0.15) is 0 Å².